The fourth-order valence-corrected chi connectivity index (χ4v) is 1.39. The summed E-state index contributed by atoms with van der Waals surface area (Å²) in [7, 11) is 0. The second-order valence-corrected chi connectivity index (χ2v) is 3.88. The molecule has 2 aromatic heterocycles. The molecular weight excluding hydrogens is 228 g/mol. The molecule has 0 aliphatic carbocycles. The minimum absolute atomic E-state index is 0.275. The van der Waals surface area contributed by atoms with Gasteiger partial charge in [-0.15, -0.1) is 0 Å². The smallest absolute Gasteiger partial charge is 0.320 e. The summed E-state index contributed by atoms with van der Waals surface area (Å²) in [5.74, 6) is 0.535. The van der Waals surface area contributed by atoms with E-state index in [-0.39, 0.29) is 6.03 Å². The highest BCUT2D eigenvalue weighted by molar-refractivity contribution is 5.88. The van der Waals surface area contributed by atoms with Crippen LogP contribution in [0, 0.1) is 6.92 Å². The normalized spacial score (nSPS) is 9.83. The second-order valence-electron chi connectivity index (χ2n) is 3.88. The van der Waals surface area contributed by atoms with E-state index in [1.54, 1.807) is 24.7 Å². The van der Waals surface area contributed by atoms with Crippen molar-refractivity contribution in [2.24, 2.45) is 0 Å². The Labute approximate surface area is 105 Å². The van der Waals surface area contributed by atoms with Gasteiger partial charge in [0.25, 0.3) is 0 Å². The summed E-state index contributed by atoms with van der Waals surface area (Å²) in [4.78, 5) is 19.6. The van der Waals surface area contributed by atoms with E-state index in [1.165, 1.54) is 0 Å². The zero-order valence-corrected chi connectivity index (χ0v) is 10.1. The van der Waals surface area contributed by atoms with E-state index in [9.17, 15) is 4.79 Å². The lowest BCUT2D eigenvalue weighted by Crippen LogP contribution is -2.28. The maximum atomic E-state index is 11.6. The van der Waals surface area contributed by atoms with Crippen molar-refractivity contribution in [3.63, 3.8) is 0 Å². The molecular formula is C13H14N4O. The highest BCUT2D eigenvalue weighted by atomic mass is 16.2. The van der Waals surface area contributed by atoms with Crippen LogP contribution >= 0.6 is 0 Å². The number of pyridine rings is 2. The highest BCUT2D eigenvalue weighted by Crippen LogP contribution is 2.03. The van der Waals surface area contributed by atoms with E-state index < -0.39 is 0 Å². The van der Waals surface area contributed by atoms with Crippen molar-refractivity contribution >= 4 is 11.8 Å². The number of anilines is 1. The summed E-state index contributed by atoms with van der Waals surface area (Å²) in [5, 5.41) is 5.41. The molecule has 0 bridgehead atoms. The van der Waals surface area contributed by atoms with E-state index in [2.05, 4.69) is 20.6 Å². The van der Waals surface area contributed by atoms with E-state index in [4.69, 9.17) is 0 Å². The number of nitrogens with one attached hydrogen (secondary N) is 2. The molecule has 2 rings (SSSR count). The number of hydrogen-bond acceptors (Lipinski definition) is 3. The van der Waals surface area contributed by atoms with Crippen molar-refractivity contribution in [2.75, 3.05) is 5.32 Å². The van der Waals surface area contributed by atoms with Crippen molar-refractivity contribution in [2.45, 2.75) is 13.5 Å². The number of urea groups is 1. The van der Waals surface area contributed by atoms with Gasteiger partial charge in [-0.05, 0) is 36.2 Å². The Morgan fingerprint density at radius 2 is 2.00 bits per heavy atom. The first-order valence-corrected chi connectivity index (χ1v) is 5.60. The molecule has 2 amide bonds. The third-order valence-corrected chi connectivity index (χ3v) is 2.36. The van der Waals surface area contributed by atoms with E-state index >= 15 is 0 Å². The zero-order valence-electron chi connectivity index (χ0n) is 10.1. The fraction of sp³-hybridized carbons (Fsp3) is 0.154. The minimum atomic E-state index is -0.275. The molecule has 0 aliphatic heterocycles. The van der Waals surface area contributed by atoms with Crippen LogP contribution in [0.4, 0.5) is 10.6 Å². The van der Waals surface area contributed by atoms with Crippen LogP contribution < -0.4 is 10.6 Å². The van der Waals surface area contributed by atoms with Gasteiger partial charge in [0.15, 0.2) is 0 Å². The molecule has 92 valence electrons. The third-order valence-electron chi connectivity index (χ3n) is 2.36. The minimum Gasteiger partial charge on any atom is -0.334 e. The van der Waals surface area contributed by atoms with Crippen molar-refractivity contribution < 1.29 is 4.79 Å². The molecule has 0 spiro atoms. The quantitative estimate of drug-likeness (QED) is 0.866. The Morgan fingerprint density at radius 1 is 1.22 bits per heavy atom. The SMILES string of the molecule is Cc1ccc(NC(=O)NCc2ccncc2)nc1. The van der Waals surface area contributed by atoms with E-state index in [1.807, 2.05) is 25.1 Å². The highest BCUT2D eigenvalue weighted by Gasteiger charge is 2.01. The topological polar surface area (TPSA) is 66.9 Å². The first kappa shape index (κ1) is 12.0. The number of carbonyl (C=O) groups is 1. The number of hydrogen-bond donors (Lipinski definition) is 2. The summed E-state index contributed by atoms with van der Waals surface area (Å²) >= 11 is 0. The van der Waals surface area contributed by atoms with Gasteiger partial charge in [-0.1, -0.05) is 6.07 Å². The predicted molar refractivity (Wildman–Crippen MR) is 69.1 cm³/mol. The van der Waals surface area contributed by atoms with Crippen LogP contribution in [-0.2, 0) is 6.54 Å². The van der Waals surface area contributed by atoms with Gasteiger partial charge >= 0.3 is 6.03 Å². The van der Waals surface area contributed by atoms with Gasteiger partial charge in [0.1, 0.15) is 5.82 Å². The van der Waals surface area contributed by atoms with Crippen LogP contribution in [-0.4, -0.2) is 16.0 Å². The molecule has 0 saturated heterocycles. The molecule has 0 radical (unpaired) electrons. The lowest BCUT2D eigenvalue weighted by Gasteiger charge is -2.06. The maximum Gasteiger partial charge on any atom is 0.320 e. The Kier molecular flexibility index (Phi) is 3.86. The number of aromatic nitrogens is 2. The van der Waals surface area contributed by atoms with Crippen LogP contribution in [0.5, 0.6) is 0 Å². The molecule has 2 aromatic rings. The van der Waals surface area contributed by atoms with Gasteiger partial charge in [0.2, 0.25) is 0 Å². The van der Waals surface area contributed by atoms with Crippen LogP contribution in [0.25, 0.3) is 0 Å². The Balaban J connectivity index is 1.84. The van der Waals surface area contributed by atoms with Gasteiger partial charge in [0, 0.05) is 25.1 Å². The van der Waals surface area contributed by atoms with Crippen LogP contribution in [0.3, 0.4) is 0 Å². The molecule has 0 saturated carbocycles. The molecule has 0 unspecified atom stereocenters. The van der Waals surface area contributed by atoms with Crippen molar-refractivity contribution in [1.82, 2.24) is 15.3 Å². The molecule has 0 aromatic carbocycles. The zero-order chi connectivity index (χ0) is 12.8. The molecule has 2 N–H and O–H groups in total. The molecule has 5 heteroatoms. The second kappa shape index (κ2) is 5.77. The molecule has 2 heterocycles. The molecule has 18 heavy (non-hydrogen) atoms. The summed E-state index contributed by atoms with van der Waals surface area (Å²) in [6.07, 6.45) is 5.09. The molecule has 5 nitrogen and oxygen atoms in total. The van der Waals surface area contributed by atoms with Crippen molar-refractivity contribution in [3.05, 3.63) is 54.0 Å². The number of rotatable bonds is 3. The van der Waals surface area contributed by atoms with Crippen molar-refractivity contribution in [3.8, 4) is 0 Å². The van der Waals surface area contributed by atoms with Crippen LogP contribution in [0.15, 0.2) is 42.9 Å². The van der Waals surface area contributed by atoms with E-state index in [0.29, 0.717) is 12.4 Å². The van der Waals surface area contributed by atoms with Crippen LogP contribution in [0.2, 0.25) is 0 Å². The number of amides is 2. The lowest BCUT2D eigenvalue weighted by molar-refractivity contribution is 0.251. The maximum absolute atomic E-state index is 11.6. The summed E-state index contributed by atoms with van der Waals surface area (Å²) in [6.45, 7) is 2.40. The average Bonchev–Trinajstić information content (AvgIpc) is 2.40. The lowest BCUT2D eigenvalue weighted by atomic mass is 10.3. The number of aryl methyl sites for hydroxylation is 1. The number of carbonyl (C=O) groups excluding carboxylic acids is 1. The van der Waals surface area contributed by atoms with Crippen LogP contribution in [0.1, 0.15) is 11.1 Å². The standard InChI is InChI=1S/C13H14N4O/c1-10-2-3-12(15-8-10)17-13(18)16-9-11-4-6-14-7-5-11/h2-8H,9H2,1H3,(H2,15,16,17,18). The fourth-order valence-electron chi connectivity index (χ4n) is 1.39. The predicted octanol–water partition coefficient (Wildman–Crippen LogP) is 2.11. The molecule has 0 fully saturated rings. The number of nitrogens with zero attached hydrogens (tertiary/aromatic N) is 2. The summed E-state index contributed by atoms with van der Waals surface area (Å²) < 4.78 is 0. The first-order chi connectivity index (χ1) is 8.74. The monoisotopic (exact) mass is 242 g/mol. The summed E-state index contributed by atoms with van der Waals surface area (Å²) in [6, 6.07) is 7.09. The van der Waals surface area contributed by atoms with Crippen molar-refractivity contribution in [1.29, 1.82) is 0 Å². The molecule has 0 atom stereocenters. The van der Waals surface area contributed by atoms with Gasteiger partial charge < -0.3 is 5.32 Å². The van der Waals surface area contributed by atoms with E-state index in [0.717, 1.165) is 11.1 Å². The Morgan fingerprint density at radius 3 is 2.67 bits per heavy atom. The third kappa shape index (κ3) is 3.55. The van der Waals surface area contributed by atoms with Gasteiger partial charge in [-0.25, -0.2) is 9.78 Å². The largest absolute Gasteiger partial charge is 0.334 e. The summed E-state index contributed by atoms with van der Waals surface area (Å²) in [5.41, 5.74) is 2.05. The first-order valence-electron chi connectivity index (χ1n) is 5.60. The Bertz CT molecular complexity index is 510. The van der Waals surface area contributed by atoms with Gasteiger partial charge in [0.05, 0.1) is 0 Å². The van der Waals surface area contributed by atoms with Gasteiger partial charge in [-0.3, -0.25) is 10.3 Å². The molecule has 0 aliphatic rings. The van der Waals surface area contributed by atoms with Gasteiger partial charge in [-0.2, -0.15) is 0 Å². The average molecular weight is 242 g/mol. The Hall–Kier alpha value is -2.43.